The Morgan fingerprint density at radius 1 is 0.266 bits per heavy atom. The predicted octanol–water partition coefficient (Wildman–Crippen LogP) is 23.9. The molecule has 0 aromatic rings. The maximum Gasteiger partial charge on any atom is 0.306 e. The van der Waals surface area contributed by atoms with Gasteiger partial charge in [-0.1, -0.05) is 332 Å². The Balaban J connectivity index is 4.13. The standard InChI is InChI=1S/C73H132O6/c1-4-7-10-13-16-19-22-24-26-28-30-31-32-33-34-35-36-37-38-39-40-41-43-44-46-48-51-54-57-60-63-66-72(75)78-69-70(68-77-71(74)65-62-59-56-53-50-21-18-15-12-9-6-3)79-73(76)67-64-61-58-55-52-49-47-45-42-29-27-25-23-20-17-14-11-8-5-2/h8,11,15,17-18,20,25,27,42,45,70H,4-7,9-10,12-14,16,19,21-24,26,28-41,43-44,46-69H2,1-3H3/b11-8-,18-15-,20-17-,27-25-,45-42-. The molecule has 0 rings (SSSR count). The monoisotopic (exact) mass is 1110 g/mol. The van der Waals surface area contributed by atoms with Crippen LogP contribution >= 0.6 is 0 Å². The minimum absolute atomic E-state index is 0.0797. The summed E-state index contributed by atoms with van der Waals surface area (Å²) in [5, 5.41) is 0. The molecule has 0 radical (unpaired) electrons. The van der Waals surface area contributed by atoms with Gasteiger partial charge in [0.2, 0.25) is 0 Å². The van der Waals surface area contributed by atoms with Gasteiger partial charge in [-0.15, -0.1) is 0 Å². The molecular weight excluding hydrogens is 973 g/mol. The maximum atomic E-state index is 12.9. The van der Waals surface area contributed by atoms with Crippen LogP contribution in [0.5, 0.6) is 0 Å². The van der Waals surface area contributed by atoms with Gasteiger partial charge in [0.1, 0.15) is 13.2 Å². The molecule has 0 aliphatic rings. The first-order chi connectivity index (χ1) is 39.0. The molecule has 1 atom stereocenters. The number of carbonyl (C=O) groups excluding carboxylic acids is 3. The fourth-order valence-electron chi connectivity index (χ4n) is 10.3. The molecule has 0 heterocycles. The average Bonchev–Trinajstić information content (AvgIpc) is 3.45. The lowest BCUT2D eigenvalue weighted by atomic mass is 10.0. The fourth-order valence-corrected chi connectivity index (χ4v) is 10.3. The molecule has 0 aromatic heterocycles. The summed E-state index contributed by atoms with van der Waals surface area (Å²) in [6, 6.07) is 0. The van der Waals surface area contributed by atoms with Crippen LogP contribution in [0, 0.1) is 0 Å². The van der Waals surface area contributed by atoms with Crippen LogP contribution in [-0.2, 0) is 28.6 Å². The van der Waals surface area contributed by atoms with Crippen molar-refractivity contribution in [1.29, 1.82) is 0 Å². The summed E-state index contributed by atoms with van der Waals surface area (Å²) in [4.78, 5) is 38.3. The van der Waals surface area contributed by atoms with E-state index in [2.05, 4.69) is 81.5 Å². The summed E-state index contributed by atoms with van der Waals surface area (Å²) in [6.07, 6.45) is 87.0. The predicted molar refractivity (Wildman–Crippen MR) is 344 cm³/mol. The molecule has 460 valence electrons. The molecular formula is C73H132O6. The molecule has 0 spiro atoms. The fraction of sp³-hybridized carbons (Fsp3) is 0.822. The lowest BCUT2D eigenvalue weighted by Crippen LogP contribution is -2.30. The van der Waals surface area contributed by atoms with Crippen molar-refractivity contribution in [3.8, 4) is 0 Å². The van der Waals surface area contributed by atoms with Crippen LogP contribution in [0.4, 0.5) is 0 Å². The molecule has 0 aliphatic carbocycles. The second-order valence-electron chi connectivity index (χ2n) is 23.4. The number of rotatable bonds is 64. The van der Waals surface area contributed by atoms with E-state index in [9.17, 15) is 14.4 Å². The quantitative estimate of drug-likeness (QED) is 0.0261. The largest absolute Gasteiger partial charge is 0.462 e. The van der Waals surface area contributed by atoms with Crippen molar-refractivity contribution >= 4 is 17.9 Å². The van der Waals surface area contributed by atoms with Gasteiger partial charge in [0.15, 0.2) is 6.10 Å². The average molecular weight is 1110 g/mol. The number of hydrogen-bond donors (Lipinski definition) is 0. The van der Waals surface area contributed by atoms with E-state index in [1.165, 1.54) is 225 Å². The molecule has 0 saturated carbocycles. The van der Waals surface area contributed by atoms with E-state index in [1.807, 2.05) is 0 Å². The van der Waals surface area contributed by atoms with Crippen molar-refractivity contribution in [2.45, 2.75) is 374 Å². The number of ether oxygens (including phenoxy) is 3. The Morgan fingerprint density at radius 2 is 0.506 bits per heavy atom. The second kappa shape index (κ2) is 67.6. The van der Waals surface area contributed by atoms with Gasteiger partial charge in [0.05, 0.1) is 0 Å². The lowest BCUT2D eigenvalue weighted by molar-refractivity contribution is -0.167. The van der Waals surface area contributed by atoms with Crippen LogP contribution in [0.1, 0.15) is 367 Å². The number of esters is 3. The van der Waals surface area contributed by atoms with Crippen LogP contribution in [-0.4, -0.2) is 37.2 Å². The highest BCUT2D eigenvalue weighted by Gasteiger charge is 2.19. The van der Waals surface area contributed by atoms with Gasteiger partial charge < -0.3 is 14.2 Å². The Hall–Kier alpha value is -2.89. The van der Waals surface area contributed by atoms with E-state index in [0.717, 1.165) is 103 Å². The normalized spacial score (nSPS) is 12.4. The van der Waals surface area contributed by atoms with Crippen molar-refractivity contribution in [2.75, 3.05) is 13.2 Å². The van der Waals surface area contributed by atoms with Crippen molar-refractivity contribution < 1.29 is 28.6 Å². The zero-order valence-electron chi connectivity index (χ0n) is 52.9. The third kappa shape index (κ3) is 65.8. The third-order valence-corrected chi connectivity index (χ3v) is 15.5. The maximum absolute atomic E-state index is 12.9. The Morgan fingerprint density at radius 3 is 0.823 bits per heavy atom. The molecule has 0 aromatic carbocycles. The minimum Gasteiger partial charge on any atom is -0.462 e. The molecule has 0 fully saturated rings. The summed E-state index contributed by atoms with van der Waals surface area (Å²) in [5.74, 6) is -0.886. The SMILES string of the molecule is CC/C=C\C/C=C\C/C=C\C/C=C\CCCCCCCCC(=O)OC(COC(=O)CCCCCCC/C=C\CCCC)COC(=O)CCCCCCCCCCCCCCCCCCCCCCCCCCCCCCCCC. The van der Waals surface area contributed by atoms with Crippen molar-refractivity contribution in [3.05, 3.63) is 60.8 Å². The summed E-state index contributed by atoms with van der Waals surface area (Å²) < 4.78 is 16.9. The number of unbranched alkanes of at least 4 members (excludes halogenated alkanes) is 43. The van der Waals surface area contributed by atoms with Crippen molar-refractivity contribution in [3.63, 3.8) is 0 Å². The third-order valence-electron chi connectivity index (χ3n) is 15.5. The number of carbonyl (C=O) groups is 3. The van der Waals surface area contributed by atoms with Gasteiger partial charge in [-0.2, -0.15) is 0 Å². The lowest BCUT2D eigenvalue weighted by Gasteiger charge is -2.18. The Labute approximate surface area is 491 Å². The molecule has 6 nitrogen and oxygen atoms in total. The van der Waals surface area contributed by atoms with Crippen LogP contribution in [0.3, 0.4) is 0 Å². The van der Waals surface area contributed by atoms with E-state index in [0.29, 0.717) is 19.3 Å². The summed E-state index contributed by atoms with van der Waals surface area (Å²) >= 11 is 0. The molecule has 0 saturated heterocycles. The van der Waals surface area contributed by atoms with Gasteiger partial charge in [-0.25, -0.2) is 0 Å². The highest BCUT2D eigenvalue weighted by molar-refractivity contribution is 5.71. The van der Waals surface area contributed by atoms with Gasteiger partial charge in [-0.3, -0.25) is 14.4 Å². The molecule has 0 bridgehead atoms. The molecule has 79 heavy (non-hydrogen) atoms. The zero-order valence-corrected chi connectivity index (χ0v) is 52.9. The first kappa shape index (κ1) is 76.1. The van der Waals surface area contributed by atoms with Crippen molar-refractivity contribution in [1.82, 2.24) is 0 Å². The van der Waals surface area contributed by atoms with Gasteiger partial charge in [0.25, 0.3) is 0 Å². The molecule has 1 unspecified atom stereocenters. The summed E-state index contributed by atoms with van der Waals surface area (Å²) in [6.45, 7) is 6.52. The van der Waals surface area contributed by atoms with E-state index < -0.39 is 6.10 Å². The molecule has 0 aliphatic heterocycles. The van der Waals surface area contributed by atoms with Gasteiger partial charge in [-0.05, 0) is 77.0 Å². The smallest absolute Gasteiger partial charge is 0.306 e. The first-order valence-electron chi connectivity index (χ1n) is 34.8. The Bertz CT molecular complexity index is 1410. The van der Waals surface area contributed by atoms with Crippen molar-refractivity contribution in [2.24, 2.45) is 0 Å². The highest BCUT2D eigenvalue weighted by atomic mass is 16.6. The molecule has 0 amide bonds. The number of allylic oxidation sites excluding steroid dienone is 10. The summed E-state index contributed by atoms with van der Waals surface area (Å²) in [7, 11) is 0. The number of hydrogen-bond acceptors (Lipinski definition) is 6. The first-order valence-corrected chi connectivity index (χ1v) is 34.8. The van der Waals surface area contributed by atoms with Gasteiger partial charge >= 0.3 is 17.9 Å². The highest BCUT2D eigenvalue weighted by Crippen LogP contribution is 2.18. The molecule has 6 heteroatoms. The van der Waals surface area contributed by atoms with Crippen LogP contribution in [0.25, 0.3) is 0 Å². The van der Waals surface area contributed by atoms with Gasteiger partial charge in [0, 0.05) is 19.3 Å². The topological polar surface area (TPSA) is 78.9 Å². The minimum atomic E-state index is -0.785. The van der Waals surface area contributed by atoms with E-state index in [4.69, 9.17) is 14.2 Å². The molecule has 0 N–H and O–H groups in total. The summed E-state index contributed by atoms with van der Waals surface area (Å²) in [5.41, 5.74) is 0. The zero-order chi connectivity index (χ0) is 57.1. The Kier molecular flexibility index (Phi) is 65.1. The second-order valence-corrected chi connectivity index (χ2v) is 23.4. The van der Waals surface area contributed by atoms with E-state index in [1.54, 1.807) is 0 Å². The van der Waals surface area contributed by atoms with E-state index >= 15 is 0 Å². The van der Waals surface area contributed by atoms with Crippen LogP contribution in [0.15, 0.2) is 60.8 Å². The van der Waals surface area contributed by atoms with Crippen LogP contribution in [0.2, 0.25) is 0 Å². The van der Waals surface area contributed by atoms with Crippen LogP contribution < -0.4 is 0 Å². The van der Waals surface area contributed by atoms with E-state index in [-0.39, 0.29) is 31.1 Å².